The van der Waals surface area contributed by atoms with Crippen molar-refractivity contribution in [1.29, 1.82) is 0 Å². The highest BCUT2D eigenvalue weighted by atomic mass is 16.5. The average Bonchev–Trinajstić information content (AvgIpc) is 3.07. The van der Waals surface area contributed by atoms with E-state index in [1.807, 2.05) is 0 Å². The van der Waals surface area contributed by atoms with Gasteiger partial charge >= 0.3 is 5.97 Å². The number of terminal acetylenes is 1. The van der Waals surface area contributed by atoms with Crippen molar-refractivity contribution < 1.29 is 19.4 Å². The summed E-state index contributed by atoms with van der Waals surface area (Å²) >= 11 is 0. The summed E-state index contributed by atoms with van der Waals surface area (Å²) in [5, 5.41) is 19.7. The summed E-state index contributed by atoms with van der Waals surface area (Å²) in [5.41, 5.74) is -1.28. The van der Waals surface area contributed by atoms with Crippen molar-refractivity contribution in [2.75, 3.05) is 13.2 Å². The quantitative estimate of drug-likeness (QED) is 0.654. The maximum absolute atomic E-state index is 12.1. The van der Waals surface area contributed by atoms with Crippen molar-refractivity contribution in [2.24, 2.45) is 10.2 Å². The van der Waals surface area contributed by atoms with E-state index >= 15 is 0 Å². The van der Waals surface area contributed by atoms with E-state index in [0.29, 0.717) is 32.3 Å². The van der Waals surface area contributed by atoms with E-state index in [-0.39, 0.29) is 25.4 Å². The lowest BCUT2D eigenvalue weighted by molar-refractivity contribution is -0.139. The van der Waals surface area contributed by atoms with Crippen LogP contribution in [0.4, 0.5) is 0 Å². The van der Waals surface area contributed by atoms with Gasteiger partial charge in [-0.05, 0) is 6.42 Å². The normalized spacial score (nSPS) is 25.3. The molecule has 21 heavy (non-hydrogen) atoms. The van der Waals surface area contributed by atoms with Crippen LogP contribution in [-0.4, -0.2) is 41.4 Å². The summed E-state index contributed by atoms with van der Waals surface area (Å²) in [5.74, 6) is 1.39. The average molecular weight is 293 g/mol. The molecule has 2 aliphatic rings. The van der Waals surface area contributed by atoms with Crippen LogP contribution in [0.25, 0.3) is 0 Å². The number of nitrogens with one attached hydrogen (secondary N) is 1. The number of hydrogen-bond acceptors (Lipinski definition) is 5. The first kappa shape index (κ1) is 15.4. The molecule has 0 aromatic rings. The first-order chi connectivity index (χ1) is 9.99. The van der Waals surface area contributed by atoms with Crippen molar-refractivity contribution in [3.8, 4) is 12.3 Å². The molecule has 7 heteroatoms. The molecule has 0 radical (unpaired) electrons. The van der Waals surface area contributed by atoms with Gasteiger partial charge in [0.2, 0.25) is 5.91 Å². The summed E-state index contributed by atoms with van der Waals surface area (Å²) in [6.07, 6.45) is 7.58. The Bertz CT molecular complexity index is 483. The molecule has 1 amide bonds. The van der Waals surface area contributed by atoms with Crippen LogP contribution in [0.2, 0.25) is 0 Å². The fourth-order valence-electron chi connectivity index (χ4n) is 2.52. The summed E-state index contributed by atoms with van der Waals surface area (Å²) in [6.45, 7) is 0.701. The molecule has 0 aliphatic carbocycles. The van der Waals surface area contributed by atoms with Gasteiger partial charge in [-0.25, -0.2) is 0 Å². The van der Waals surface area contributed by atoms with Gasteiger partial charge in [-0.1, -0.05) is 0 Å². The van der Waals surface area contributed by atoms with Gasteiger partial charge in [0.05, 0.1) is 18.6 Å². The van der Waals surface area contributed by atoms with Crippen LogP contribution in [0, 0.1) is 12.3 Å². The van der Waals surface area contributed by atoms with Crippen LogP contribution in [0.5, 0.6) is 0 Å². The summed E-state index contributed by atoms with van der Waals surface area (Å²) in [6, 6.07) is 0. The Labute approximate surface area is 123 Å². The van der Waals surface area contributed by atoms with Crippen molar-refractivity contribution in [1.82, 2.24) is 5.32 Å². The lowest BCUT2D eigenvalue weighted by Gasteiger charge is -2.27. The van der Waals surface area contributed by atoms with Crippen molar-refractivity contribution in [2.45, 2.75) is 49.7 Å². The molecule has 2 rings (SSSR count). The molecule has 2 N–H and O–H groups in total. The maximum atomic E-state index is 12.1. The first-order valence-corrected chi connectivity index (χ1v) is 6.97. The smallest absolute Gasteiger partial charge is 0.305 e. The lowest BCUT2D eigenvalue weighted by Crippen LogP contribution is -2.50. The standard InChI is InChI=1S/C14H19N3O4/c1-2-3-5-14(16-17-14)6-4-11(18)15-13(9-12(19)20)7-8-21-10-13/h1H,3-10H2,(H,15,18)(H,19,20). The number of carbonyl (C=O) groups is 2. The molecule has 1 saturated heterocycles. The Morgan fingerprint density at radius 3 is 2.67 bits per heavy atom. The van der Waals surface area contributed by atoms with Gasteiger partial charge in [-0.3, -0.25) is 9.59 Å². The zero-order chi connectivity index (χ0) is 15.3. The van der Waals surface area contributed by atoms with Gasteiger partial charge in [-0.15, -0.1) is 12.3 Å². The predicted octanol–water partition coefficient (Wildman–Crippen LogP) is 1.09. The number of amides is 1. The lowest BCUT2D eigenvalue weighted by atomic mass is 9.93. The number of ether oxygens (including phenoxy) is 1. The van der Waals surface area contributed by atoms with Gasteiger partial charge in [0.1, 0.15) is 0 Å². The highest BCUT2D eigenvalue weighted by Gasteiger charge is 2.41. The third kappa shape index (κ3) is 4.26. The third-order valence-corrected chi connectivity index (χ3v) is 3.80. The molecule has 114 valence electrons. The molecule has 0 aromatic carbocycles. The largest absolute Gasteiger partial charge is 0.481 e. The molecule has 1 fully saturated rings. The molecule has 1 unspecified atom stereocenters. The van der Waals surface area contributed by atoms with E-state index in [1.54, 1.807) is 0 Å². The van der Waals surface area contributed by atoms with Crippen LogP contribution in [-0.2, 0) is 14.3 Å². The molecule has 1 atom stereocenters. The van der Waals surface area contributed by atoms with Crippen molar-refractivity contribution in [3.05, 3.63) is 0 Å². The summed E-state index contributed by atoms with van der Waals surface area (Å²) in [4.78, 5) is 23.0. The van der Waals surface area contributed by atoms with E-state index in [9.17, 15) is 9.59 Å². The Hall–Kier alpha value is -1.94. The van der Waals surface area contributed by atoms with E-state index in [0.717, 1.165) is 0 Å². The monoisotopic (exact) mass is 293 g/mol. The number of nitrogens with zero attached hydrogens (tertiary/aromatic N) is 2. The molecule has 0 aromatic heterocycles. The summed E-state index contributed by atoms with van der Waals surface area (Å²) in [7, 11) is 0. The maximum Gasteiger partial charge on any atom is 0.305 e. The van der Waals surface area contributed by atoms with Crippen LogP contribution < -0.4 is 5.32 Å². The highest BCUT2D eigenvalue weighted by Crippen LogP contribution is 2.37. The van der Waals surface area contributed by atoms with Crippen LogP contribution in [0.15, 0.2) is 10.2 Å². The minimum atomic E-state index is -0.946. The predicted molar refractivity (Wildman–Crippen MR) is 73.5 cm³/mol. The number of aliphatic carboxylic acids is 1. The third-order valence-electron chi connectivity index (χ3n) is 3.80. The Morgan fingerprint density at radius 2 is 2.14 bits per heavy atom. The topological polar surface area (TPSA) is 100 Å². The Kier molecular flexibility index (Phi) is 4.58. The van der Waals surface area contributed by atoms with Crippen molar-refractivity contribution >= 4 is 11.9 Å². The van der Waals surface area contributed by atoms with Gasteiger partial charge in [0.15, 0.2) is 5.66 Å². The molecule has 0 saturated carbocycles. The zero-order valence-electron chi connectivity index (χ0n) is 11.8. The van der Waals surface area contributed by atoms with Crippen LogP contribution >= 0.6 is 0 Å². The Morgan fingerprint density at radius 1 is 1.38 bits per heavy atom. The second kappa shape index (κ2) is 6.22. The number of carboxylic acid groups (broad SMARTS) is 1. The van der Waals surface area contributed by atoms with Crippen LogP contribution in [0.3, 0.4) is 0 Å². The second-order valence-electron chi connectivity index (χ2n) is 5.59. The molecule has 7 nitrogen and oxygen atoms in total. The van der Waals surface area contributed by atoms with Gasteiger partial charge < -0.3 is 15.2 Å². The molecule has 0 spiro atoms. The fourth-order valence-corrected chi connectivity index (χ4v) is 2.52. The van der Waals surface area contributed by atoms with E-state index in [1.165, 1.54) is 0 Å². The number of rotatable bonds is 8. The number of hydrogen-bond donors (Lipinski definition) is 2. The minimum Gasteiger partial charge on any atom is -0.481 e. The fraction of sp³-hybridized carbons (Fsp3) is 0.714. The van der Waals surface area contributed by atoms with Crippen molar-refractivity contribution in [3.63, 3.8) is 0 Å². The molecular formula is C14H19N3O4. The van der Waals surface area contributed by atoms with E-state index in [2.05, 4.69) is 21.5 Å². The van der Waals surface area contributed by atoms with E-state index < -0.39 is 17.2 Å². The first-order valence-electron chi connectivity index (χ1n) is 6.97. The molecule has 2 heterocycles. The van der Waals surface area contributed by atoms with Gasteiger partial charge in [-0.2, -0.15) is 10.2 Å². The van der Waals surface area contributed by atoms with Gasteiger partial charge in [0, 0.05) is 32.3 Å². The van der Waals surface area contributed by atoms with Crippen LogP contribution in [0.1, 0.15) is 38.5 Å². The molecule has 0 bridgehead atoms. The Balaban J connectivity index is 1.80. The SMILES string of the molecule is C#CCCC1(CCC(=O)NC2(CC(=O)O)CCOC2)N=N1. The zero-order valence-corrected chi connectivity index (χ0v) is 11.8. The highest BCUT2D eigenvalue weighted by molar-refractivity contribution is 5.78. The molecular weight excluding hydrogens is 274 g/mol. The molecule has 2 aliphatic heterocycles. The number of carboxylic acids is 1. The number of carbonyl (C=O) groups excluding carboxylic acids is 1. The van der Waals surface area contributed by atoms with E-state index in [4.69, 9.17) is 16.3 Å². The van der Waals surface area contributed by atoms with Gasteiger partial charge in [0.25, 0.3) is 0 Å². The summed E-state index contributed by atoms with van der Waals surface area (Å²) < 4.78 is 5.24. The second-order valence-corrected chi connectivity index (χ2v) is 5.59. The minimum absolute atomic E-state index is 0.129.